The highest BCUT2D eigenvalue weighted by Gasteiger charge is 2.17. The summed E-state index contributed by atoms with van der Waals surface area (Å²) in [6, 6.07) is 88.3. The van der Waals surface area contributed by atoms with Crippen LogP contribution in [0.5, 0.6) is 0 Å². The van der Waals surface area contributed by atoms with E-state index in [0.29, 0.717) is 0 Å². The van der Waals surface area contributed by atoms with Crippen molar-refractivity contribution in [1.82, 2.24) is 9.13 Å². The van der Waals surface area contributed by atoms with Crippen LogP contribution in [0.1, 0.15) is 0 Å². The number of hydrogen-bond acceptors (Lipinski definition) is 0. The van der Waals surface area contributed by atoms with Gasteiger partial charge in [-0.25, -0.2) is 0 Å². The van der Waals surface area contributed by atoms with E-state index in [1.165, 1.54) is 99.2 Å². The Morgan fingerprint density at radius 2 is 0.387 bits per heavy atom. The summed E-state index contributed by atoms with van der Waals surface area (Å²) in [4.78, 5) is 0. The van der Waals surface area contributed by atoms with E-state index in [0.717, 1.165) is 11.4 Å². The first-order valence-electron chi connectivity index (χ1n) is 21.3. The average Bonchev–Trinajstić information content (AvgIpc) is 3.86. The maximum absolute atomic E-state index is 2.41. The number of aromatic nitrogens is 2. The van der Waals surface area contributed by atoms with Crippen LogP contribution >= 0.6 is 0 Å². The molecule has 2 aromatic heterocycles. The Bertz CT molecular complexity index is 3130. The third-order valence-electron chi connectivity index (χ3n) is 12.5. The van der Waals surface area contributed by atoms with Gasteiger partial charge in [0.25, 0.3) is 0 Å². The van der Waals surface area contributed by atoms with Gasteiger partial charge in [0.1, 0.15) is 0 Å². The first kappa shape index (κ1) is 35.7. The second kappa shape index (κ2) is 14.8. The SMILES string of the molecule is c1ccc(-c2ccc3c(c2)c2cc(-c4ccccc4)ccc2n3-c2ccc(-c3ccc(-n4c5ccc(-c6ccccc6)cc5c5cc(-c6ccccc6)ccc54)cc3)cc2)cc1. The van der Waals surface area contributed by atoms with E-state index in [4.69, 9.17) is 0 Å². The molecule has 0 fully saturated rings. The number of rotatable bonds is 7. The standard InChI is InChI=1S/C60H40N2/c1-5-13-41(14-6-1)47-25-33-57-53(37-47)54-38-48(42-15-7-2-8-16-42)26-34-58(54)61(57)51-29-21-45(22-30-51)46-23-31-52(32-24-46)62-59-35-27-49(43-17-9-3-10-18-43)39-55(59)56-40-50(28-36-60(56)62)44-19-11-4-12-20-44/h1-40H. The zero-order valence-electron chi connectivity index (χ0n) is 34.0. The molecule has 0 saturated heterocycles. The van der Waals surface area contributed by atoms with E-state index < -0.39 is 0 Å². The monoisotopic (exact) mass is 788 g/mol. The van der Waals surface area contributed by atoms with Crippen molar-refractivity contribution in [3.05, 3.63) is 243 Å². The minimum atomic E-state index is 1.14. The molecule has 0 N–H and O–H groups in total. The summed E-state index contributed by atoms with van der Waals surface area (Å²) in [5.74, 6) is 0. The number of benzene rings is 10. The fraction of sp³-hybridized carbons (Fsp3) is 0. The molecule has 0 aliphatic heterocycles. The Labute approximate surface area is 360 Å². The van der Waals surface area contributed by atoms with Crippen molar-refractivity contribution >= 4 is 43.6 Å². The van der Waals surface area contributed by atoms with Gasteiger partial charge in [0.15, 0.2) is 0 Å². The van der Waals surface area contributed by atoms with Crippen molar-refractivity contribution in [3.8, 4) is 67.0 Å². The molecule has 0 atom stereocenters. The molecule has 62 heavy (non-hydrogen) atoms. The van der Waals surface area contributed by atoms with E-state index in [9.17, 15) is 0 Å². The van der Waals surface area contributed by atoms with Gasteiger partial charge in [-0.2, -0.15) is 0 Å². The molecule has 2 heteroatoms. The molecule has 2 heterocycles. The van der Waals surface area contributed by atoms with Gasteiger partial charge < -0.3 is 9.13 Å². The second-order valence-electron chi connectivity index (χ2n) is 16.2. The first-order valence-corrected chi connectivity index (χ1v) is 21.3. The van der Waals surface area contributed by atoms with Gasteiger partial charge in [-0.15, -0.1) is 0 Å². The van der Waals surface area contributed by atoms with Crippen LogP contribution in [-0.2, 0) is 0 Å². The fourth-order valence-corrected chi connectivity index (χ4v) is 9.45. The van der Waals surface area contributed by atoms with Crippen LogP contribution in [-0.4, -0.2) is 9.13 Å². The molecule has 10 aromatic carbocycles. The van der Waals surface area contributed by atoms with Gasteiger partial charge in [0.05, 0.1) is 22.1 Å². The van der Waals surface area contributed by atoms with Gasteiger partial charge >= 0.3 is 0 Å². The minimum Gasteiger partial charge on any atom is -0.309 e. The van der Waals surface area contributed by atoms with Crippen molar-refractivity contribution in [2.75, 3.05) is 0 Å². The quantitative estimate of drug-likeness (QED) is 0.152. The van der Waals surface area contributed by atoms with Crippen molar-refractivity contribution in [3.63, 3.8) is 0 Å². The van der Waals surface area contributed by atoms with Crippen LogP contribution in [0, 0.1) is 0 Å². The lowest BCUT2D eigenvalue weighted by Gasteiger charge is -2.12. The van der Waals surface area contributed by atoms with Gasteiger partial charge in [0.2, 0.25) is 0 Å². The highest BCUT2D eigenvalue weighted by atomic mass is 15.0. The smallest absolute Gasteiger partial charge is 0.0541 e. The molecule has 0 aliphatic carbocycles. The largest absolute Gasteiger partial charge is 0.309 e. The van der Waals surface area contributed by atoms with Crippen LogP contribution < -0.4 is 0 Å². The predicted molar refractivity (Wildman–Crippen MR) is 262 cm³/mol. The molecule has 0 radical (unpaired) electrons. The van der Waals surface area contributed by atoms with Crippen molar-refractivity contribution in [2.24, 2.45) is 0 Å². The normalized spacial score (nSPS) is 11.5. The van der Waals surface area contributed by atoms with Crippen LogP contribution in [0.2, 0.25) is 0 Å². The van der Waals surface area contributed by atoms with Crippen molar-refractivity contribution in [1.29, 1.82) is 0 Å². The molecule has 0 unspecified atom stereocenters. The Balaban J connectivity index is 0.928. The molecular weight excluding hydrogens is 749 g/mol. The molecule has 0 spiro atoms. The summed E-state index contributed by atoms with van der Waals surface area (Å²) in [6.45, 7) is 0. The number of nitrogens with zero attached hydrogens (tertiary/aromatic N) is 2. The van der Waals surface area contributed by atoms with Crippen LogP contribution in [0.15, 0.2) is 243 Å². The van der Waals surface area contributed by atoms with Crippen LogP contribution in [0.4, 0.5) is 0 Å². The van der Waals surface area contributed by atoms with E-state index in [1.807, 2.05) is 0 Å². The topological polar surface area (TPSA) is 9.86 Å². The minimum absolute atomic E-state index is 1.14. The van der Waals surface area contributed by atoms with Crippen LogP contribution in [0.25, 0.3) is 111 Å². The molecule has 12 aromatic rings. The molecule has 290 valence electrons. The Hall–Kier alpha value is -8.20. The lowest BCUT2D eigenvalue weighted by Crippen LogP contribution is -1.95. The molecular formula is C60H40N2. The van der Waals surface area contributed by atoms with Gasteiger partial charge in [0, 0.05) is 32.9 Å². The molecule has 0 bridgehead atoms. The van der Waals surface area contributed by atoms with Gasteiger partial charge in [-0.05, 0) is 128 Å². The third kappa shape index (κ3) is 6.12. The summed E-state index contributed by atoms with van der Waals surface area (Å²) >= 11 is 0. The van der Waals surface area contributed by atoms with E-state index in [1.54, 1.807) is 0 Å². The Morgan fingerprint density at radius 1 is 0.177 bits per heavy atom. The summed E-state index contributed by atoms with van der Waals surface area (Å²) in [5, 5.41) is 4.99. The summed E-state index contributed by atoms with van der Waals surface area (Å²) in [7, 11) is 0. The molecule has 0 aliphatic rings. The summed E-state index contributed by atoms with van der Waals surface area (Å²) in [6.07, 6.45) is 0. The highest BCUT2D eigenvalue weighted by molar-refractivity contribution is 6.13. The highest BCUT2D eigenvalue weighted by Crippen LogP contribution is 2.40. The lowest BCUT2D eigenvalue weighted by molar-refractivity contribution is 1.18. The lowest BCUT2D eigenvalue weighted by atomic mass is 10.0. The van der Waals surface area contributed by atoms with Gasteiger partial charge in [-0.3, -0.25) is 0 Å². The maximum atomic E-state index is 2.41. The van der Waals surface area contributed by atoms with Gasteiger partial charge in [-0.1, -0.05) is 170 Å². The maximum Gasteiger partial charge on any atom is 0.0541 e. The number of fused-ring (bicyclic) bond motifs is 6. The van der Waals surface area contributed by atoms with Crippen LogP contribution in [0.3, 0.4) is 0 Å². The van der Waals surface area contributed by atoms with Crippen molar-refractivity contribution < 1.29 is 0 Å². The van der Waals surface area contributed by atoms with E-state index >= 15 is 0 Å². The Morgan fingerprint density at radius 3 is 0.629 bits per heavy atom. The molecule has 0 amide bonds. The number of hydrogen-bond donors (Lipinski definition) is 0. The zero-order valence-corrected chi connectivity index (χ0v) is 34.0. The summed E-state index contributed by atoms with van der Waals surface area (Å²) in [5.41, 5.74) is 19.2. The van der Waals surface area contributed by atoms with E-state index in [-0.39, 0.29) is 0 Å². The molecule has 2 nitrogen and oxygen atoms in total. The Kier molecular flexibility index (Phi) is 8.53. The first-order chi connectivity index (χ1) is 30.7. The summed E-state index contributed by atoms with van der Waals surface area (Å²) < 4.78 is 4.82. The molecule has 0 saturated carbocycles. The second-order valence-corrected chi connectivity index (χ2v) is 16.2. The molecule has 12 rings (SSSR count). The third-order valence-corrected chi connectivity index (χ3v) is 12.5. The fourth-order valence-electron chi connectivity index (χ4n) is 9.45. The average molecular weight is 789 g/mol. The predicted octanol–water partition coefficient (Wildman–Crippen LogP) is 16.2. The van der Waals surface area contributed by atoms with Crippen molar-refractivity contribution in [2.45, 2.75) is 0 Å². The zero-order chi connectivity index (χ0) is 41.0. The van der Waals surface area contributed by atoms with E-state index in [2.05, 4.69) is 252 Å².